The maximum atomic E-state index is 8.73. The lowest BCUT2D eigenvalue weighted by Crippen LogP contribution is -2.30. The first-order valence-corrected chi connectivity index (χ1v) is 6.65. The van der Waals surface area contributed by atoms with Crippen LogP contribution < -0.4 is 4.90 Å². The highest BCUT2D eigenvalue weighted by atomic mass is 127. The van der Waals surface area contributed by atoms with Gasteiger partial charge >= 0.3 is 0 Å². The second kappa shape index (κ2) is 6.71. The summed E-state index contributed by atoms with van der Waals surface area (Å²) in [6.07, 6.45) is 0. The second-order valence-electron chi connectivity index (χ2n) is 3.84. The molecule has 0 unspecified atom stereocenters. The van der Waals surface area contributed by atoms with Crippen LogP contribution in [0.25, 0.3) is 0 Å². The van der Waals surface area contributed by atoms with Crippen molar-refractivity contribution in [3.63, 3.8) is 0 Å². The quantitative estimate of drug-likeness (QED) is 0.472. The van der Waals surface area contributed by atoms with Crippen LogP contribution in [0.2, 0.25) is 0 Å². The predicted molar refractivity (Wildman–Crippen MR) is 75.9 cm³/mol. The molecule has 16 heavy (non-hydrogen) atoms. The van der Waals surface area contributed by atoms with Gasteiger partial charge in [-0.25, -0.2) is 0 Å². The summed E-state index contributed by atoms with van der Waals surface area (Å²) < 4.78 is 0.956. The van der Waals surface area contributed by atoms with Gasteiger partial charge in [0.15, 0.2) is 0 Å². The lowest BCUT2D eigenvalue weighted by atomic mass is 10.2. The lowest BCUT2D eigenvalue weighted by Gasteiger charge is -2.24. The van der Waals surface area contributed by atoms with Crippen molar-refractivity contribution in [2.75, 3.05) is 36.6 Å². The molecule has 1 aromatic rings. The van der Waals surface area contributed by atoms with Crippen molar-refractivity contribution >= 4 is 28.3 Å². The minimum Gasteiger partial charge on any atom is -0.361 e. The molecule has 0 N–H and O–H groups in total. The number of likely N-dealkylation sites (N-methyl/N-ethyl adjacent to an activating group) is 1. The molecule has 0 aliphatic rings. The molecule has 3 nitrogen and oxygen atoms in total. The van der Waals surface area contributed by atoms with E-state index in [-0.39, 0.29) is 0 Å². The van der Waals surface area contributed by atoms with Gasteiger partial charge in [-0.1, -0.05) is 22.6 Å². The molecule has 1 rings (SSSR count). The van der Waals surface area contributed by atoms with Crippen LogP contribution in [0.5, 0.6) is 0 Å². The highest BCUT2D eigenvalue weighted by Crippen LogP contribution is 2.15. The zero-order valence-electron chi connectivity index (χ0n) is 9.65. The van der Waals surface area contributed by atoms with Crippen molar-refractivity contribution in [2.24, 2.45) is 0 Å². The summed E-state index contributed by atoms with van der Waals surface area (Å²) >= 11 is 2.36. The number of hydrogen-bond donors (Lipinski definition) is 0. The molecule has 0 spiro atoms. The van der Waals surface area contributed by atoms with E-state index in [4.69, 9.17) is 5.26 Å². The van der Waals surface area contributed by atoms with Gasteiger partial charge in [0.25, 0.3) is 0 Å². The third-order valence-electron chi connectivity index (χ3n) is 2.32. The van der Waals surface area contributed by atoms with E-state index in [2.05, 4.69) is 52.6 Å². The van der Waals surface area contributed by atoms with Crippen molar-refractivity contribution in [2.45, 2.75) is 0 Å². The molecule has 0 saturated carbocycles. The largest absolute Gasteiger partial charge is 0.361 e. The van der Waals surface area contributed by atoms with Crippen molar-refractivity contribution in [1.29, 1.82) is 5.26 Å². The van der Waals surface area contributed by atoms with Gasteiger partial charge in [-0.15, -0.1) is 0 Å². The SMILES string of the molecule is CN(C)CCN(CI)c1ccc(C#N)cc1. The molecule has 0 radical (unpaired) electrons. The van der Waals surface area contributed by atoms with Gasteiger partial charge in [0.05, 0.1) is 16.2 Å². The van der Waals surface area contributed by atoms with Gasteiger partial charge in [0, 0.05) is 18.8 Å². The van der Waals surface area contributed by atoms with E-state index in [0.29, 0.717) is 5.56 Å². The summed E-state index contributed by atoms with van der Waals surface area (Å²) in [5.41, 5.74) is 1.89. The van der Waals surface area contributed by atoms with Crippen LogP contribution in [0.1, 0.15) is 5.56 Å². The van der Waals surface area contributed by atoms with E-state index >= 15 is 0 Å². The average Bonchev–Trinajstić information content (AvgIpc) is 2.30. The number of alkyl halides is 1. The van der Waals surface area contributed by atoms with E-state index in [1.807, 2.05) is 24.3 Å². The van der Waals surface area contributed by atoms with Crippen molar-refractivity contribution < 1.29 is 0 Å². The van der Waals surface area contributed by atoms with Crippen molar-refractivity contribution in [1.82, 2.24) is 4.90 Å². The van der Waals surface area contributed by atoms with E-state index in [0.717, 1.165) is 17.6 Å². The van der Waals surface area contributed by atoms with Gasteiger partial charge in [-0.3, -0.25) is 0 Å². The number of nitriles is 1. The van der Waals surface area contributed by atoms with Crippen LogP contribution in [-0.2, 0) is 0 Å². The second-order valence-corrected chi connectivity index (χ2v) is 4.53. The normalized spacial score (nSPS) is 10.2. The van der Waals surface area contributed by atoms with Gasteiger partial charge in [0.1, 0.15) is 0 Å². The highest BCUT2D eigenvalue weighted by molar-refractivity contribution is 14.1. The van der Waals surface area contributed by atoms with Gasteiger partial charge in [-0.2, -0.15) is 5.26 Å². The molecular weight excluding hydrogens is 313 g/mol. The third kappa shape index (κ3) is 3.99. The fourth-order valence-electron chi connectivity index (χ4n) is 1.33. The van der Waals surface area contributed by atoms with E-state index in [9.17, 15) is 0 Å². The first-order chi connectivity index (χ1) is 7.67. The molecule has 0 heterocycles. The number of benzene rings is 1. The molecule has 0 bridgehead atoms. The molecule has 0 atom stereocenters. The number of hydrogen-bond acceptors (Lipinski definition) is 3. The molecule has 4 heteroatoms. The maximum absolute atomic E-state index is 8.73. The Kier molecular flexibility index (Phi) is 5.56. The molecule has 0 amide bonds. The first kappa shape index (κ1) is 13.3. The summed E-state index contributed by atoms with van der Waals surface area (Å²) in [6.45, 7) is 2.03. The van der Waals surface area contributed by atoms with Crippen LogP contribution in [0.15, 0.2) is 24.3 Å². The standard InChI is InChI=1S/C12H16IN3/c1-15(2)7-8-16(10-13)12-5-3-11(9-14)4-6-12/h3-6H,7-8,10H2,1-2H3. The Morgan fingerprint density at radius 2 is 1.81 bits per heavy atom. The molecule has 1 aromatic carbocycles. The highest BCUT2D eigenvalue weighted by Gasteiger charge is 2.04. The van der Waals surface area contributed by atoms with Crippen molar-refractivity contribution in [3.05, 3.63) is 29.8 Å². The van der Waals surface area contributed by atoms with E-state index in [1.165, 1.54) is 5.69 Å². The summed E-state index contributed by atoms with van der Waals surface area (Å²) in [7, 11) is 4.15. The minimum atomic E-state index is 0.713. The number of anilines is 1. The molecular formula is C12H16IN3. The van der Waals surface area contributed by atoms with Crippen LogP contribution in [0.3, 0.4) is 0 Å². The van der Waals surface area contributed by atoms with E-state index in [1.54, 1.807) is 0 Å². The fraction of sp³-hybridized carbons (Fsp3) is 0.417. The van der Waals surface area contributed by atoms with Crippen molar-refractivity contribution in [3.8, 4) is 6.07 Å². The summed E-state index contributed by atoms with van der Waals surface area (Å²) in [6, 6.07) is 9.88. The van der Waals surface area contributed by atoms with Gasteiger partial charge in [0.2, 0.25) is 0 Å². The third-order valence-corrected chi connectivity index (χ3v) is 3.15. The zero-order chi connectivity index (χ0) is 12.0. The smallest absolute Gasteiger partial charge is 0.0991 e. The Morgan fingerprint density at radius 3 is 2.25 bits per heavy atom. The topological polar surface area (TPSA) is 30.3 Å². The number of halogens is 1. The lowest BCUT2D eigenvalue weighted by molar-refractivity contribution is 0.416. The van der Waals surface area contributed by atoms with E-state index < -0.39 is 0 Å². The molecule has 0 aliphatic heterocycles. The Labute approximate surface area is 111 Å². The Balaban J connectivity index is 2.68. The Morgan fingerprint density at radius 1 is 1.19 bits per heavy atom. The fourth-order valence-corrected chi connectivity index (χ4v) is 2.06. The Hall–Kier alpha value is -0.800. The van der Waals surface area contributed by atoms with Gasteiger partial charge in [-0.05, 0) is 38.4 Å². The number of nitrogens with zero attached hydrogens (tertiary/aromatic N) is 3. The first-order valence-electron chi connectivity index (χ1n) is 5.13. The summed E-state index contributed by atoms with van der Waals surface area (Å²) in [5.74, 6) is 0. The summed E-state index contributed by atoms with van der Waals surface area (Å²) in [4.78, 5) is 4.46. The molecule has 0 aliphatic carbocycles. The molecule has 0 aromatic heterocycles. The van der Waals surface area contributed by atoms with Crippen LogP contribution in [0, 0.1) is 11.3 Å². The monoisotopic (exact) mass is 329 g/mol. The predicted octanol–water partition coefficient (Wildman–Crippen LogP) is 2.32. The average molecular weight is 329 g/mol. The minimum absolute atomic E-state index is 0.713. The maximum Gasteiger partial charge on any atom is 0.0991 e. The summed E-state index contributed by atoms with van der Waals surface area (Å²) in [5, 5.41) is 8.73. The number of rotatable bonds is 5. The van der Waals surface area contributed by atoms with Crippen LogP contribution >= 0.6 is 22.6 Å². The van der Waals surface area contributed by atoms with Crippen LogP contribution in [-0.4, -0.2) is 36.6 Å². The zero-order valence-corrected chi connectivity index (χ0v) is 11.8. The molecule has 0 saturated heterocycles. The Bertz CT molecular complexity index is 354. The van der Waals surface area contributed by atoms with Crippen LogP contribution in [0.4, 0.5) is 5.69 Å². The van der Waals surface area contributed by atoms with Gasteiger partial charge < -0.3 is 9.80 Å². The molecule has 86 valence electrons. The molecule has 0 fully saturated rings.